The van der Waals surface area contributed by atoms with E-state index in [0.717, 1.165) is 21.6 Å². The number of alkyl halides is 3. The molecular weight excluding hydrogens is 447 g/mol. The van der Waals surface area contributed by atoms with Crippen LogP contribution in [0.25, 0.3) is 11.0 Å². The average Bonchev–Trinajstić information content (AvgIpc) is 2.75. The first kappa shape index (κ1) is 23.5. The van der Waals surface area contributed by atoms with Gasteiger partial charge in [-0.25, -0.2) is 9.78 Å². The minimum Gasteiger partial charge on any atom is -0.406 e. The van der Waals surface area contributed by atoms with Gasteiger partial charge < -0.3 is 15.0 Å². The van der Waals surface area contributed by atoms with Crippen LogP contribution in [-0.4, -0.2) is 50.8 Å². The molecular formula is C20H18F3N5O5. The highest BCUT2D eigenvalue weighted by atomic mass is 19.4. The molecule has 0 fully saturated rings. The highest BCUT2D eigenvalue weighted by Gasteiger charge is 2.31. The third kappa shape index (κ3) is 5.19. The molecule has 174 valence electrons. The van der Waals surface area contributed by atoms with Gasteiger partial charge in [-0.05, 0) is 30.3 Å². The van der Waals surface area contributed by atoms with E-state index < -0.39 is 35.2 Å². The Balaban J connectivity index is 1.71. The van der Waals surface area contributed by atoms with Gasteiger partial charge in [-0.2, -0.15) is 0 Å². The lowest BCUT2D eigenvalue weighted by Gasteiger charge is -2.17. The van der Waals surface area contributed by atoms with Crippen molar-refractivity contribution < 1.29 is 27.5 Å². The first-order chi connectivity index (χ1) is 15.4. The lowest BCUT2D eigenvalue weighted by molar-refractivity contribution is -0.274. The Morgan fingerprint density at radius 1 is 1.12 bits per heavy atom. The molecule has 0 radical (unpaired) electrons. The van der Waals surface area contributed by atoms with Crippen molar-refractivity contribution in [1.82, 2.24) is 19.0 Å². The number of carbonyl (C=O) groups is 2. The lowest BCUT2D eigenvalue weighted by Crippen LogP contribution is -2.38. The van der Waals surface area contributed by atoms with Crippen LogP contribution in [0.4, 0.5) is 18.9 Å². The summed E-state index contributed by atoms with van der Waals surface area (Å²) in [5.74, 6) is -1.66. The summed E-state index contributed by atoms with van der Waals surface area (Å²) >= 11 is 0. The zero-order valence-corrected chi connectivity index (χ0v) is 17.6. The van der Waals surface area contributed by atoms with Crippen molar-refractivity contribution in [2.75, 3.05) is 18.9 Å². The fraction of sp³-hybridized carbons (Fsp3) is 0.250. The smallest absolute Gasteiger partial charge is 0.406 e. The molecule has 0 saturated heterocycles. The Hall–Kier alpha value is -4.16. The molecule has 2 amide bonds. The first-order valence-electron chi connectivity index (χ1n) is 9.34. The van der Waals surface area contributed by atoms with Crippen molar-refractivity contribution in [3.63, 3.8) is 0 Å². The fourth-order valence-corrected chi connectivity index (χ4v) is 3.03. The summed E-state index contributed by atoms with van der Waals surface area (Å²) in [6.07, 6.45) is -3.64. The average molecular weight is 465 g/mol. The SMILES string of the molecule is CN(CC(=O)Nc1ccc(OC(F)(F)F)cc1)C(=O)c1cnc2c(c1)c(=O)n(C)c(=O)n2C. The second-order valence-electron chi connectivity index (χ2n) is 7.08. The lowest BCUT2D eigenvalue weighted by atomic mass is 10.2. The van der Waals surface area contributed by atoms with Crippen LogP contribution in [0, 0.1) is 0 Å². The number of fused-ring (bicyclic) bond motifs is 1. The van der Waals surface area contributed by atoms with Gasteiger partial charge in [-0.3, -0.25) is 23.5 Å². The quantitative estimate of drug-likeness (QED) is 0.606. The molecule has 13 heteroatoms. The van der Waals surface area contributed by atoms with Crippen molar-refractivity contribution in [2.45, 2.75) is 6.36 Å². The fourth-order valence-electron chi connectivity index (χ4n) is 3.03. The van der Waals surface area contributed by atoms with E-state index in [0.29, 0.717) is 0 Å². The molecule has 0 bridgehead atoms. The van der Waals surface area contributed by atoms with Crippen LogP contribution in [0.2, 0.25) is 0 Å². The van der Waals surface area contributed by atoms with Gasteiger partial charge in [0.2, 0.25) is 5.91 Å². The third-order valence-electron chi connectivity index (χ3n) is 4.64. The molecule has 0 aliphatic heterocycles. The number of carbonyl (C=O) groups excluding carboxylic acids is 2. The van der Waals surface area contributed by atoms with Crippen LogP contribution >= 0.6 is 0 Å². The van der Waals surface area contributed by atoms with Gasteiger partial charge in [0.1, 0.15) is 11.4 Å². The summed E-state index contributed by atoms with van der Waals surface area (Å²) in [4.78, 5) is 54.4. The number of hydrogen-bond acceptors (Lipinski definition) is 6. The minimum absolute atomic E-state index is 0.0298. The molecule has 0 aliphatic carbocycles. The molecule has 0 atom stereocenters. The number of anilines is 1. The van der Waals surface area contributed by atoms with Crippen LogP contribution in [0.15, 0.2) is 46.1 Å². The van der Waals surface area contributed by atoms with Gasteiger partial charge in [0.15, 0.2) is 0 Å². The van der Waals surface area contributed by atoms with Crippen LogP contribution in [0.3, 0.4) is 0 Å². The standard InChI is InChI=1S/C20H18F3N5O5/c1-26(10-15(29)25-12-4-6-13(7-5-12)33-20(21,22)23)17(30)11-8-14-16(24-9-11)27(2)19(32)28(3)18(14)31/h4-9H,10H2,1-3H3,(H,25,29). The van der Waals surface area contributed by atoms with E-state index in [1.54, 1.807) is 0 Å². The second kappa shape index (κ2) is 8.76. The summed E-state index contributed by atoms with van der Waals surface area (Å²) in [7, 11) is 4.10. The Morgan fingerprint density at radius 3 is 2.36 bits per heavy atom. The molecule has 0 unspecified atom stereocenters. The van der Waals surface area contributed by atoms with Crippen molar-refractivity contribution in [1.29, 1.82) is 0 Å². The second-order valence-corrected chi connectivity index (χ2v) is 7.08. The molecule has 3 aromatic rings. The van der Waals surface area contributed by atoms with Crippen molar-refractivity contribution in [3.8, 4) is 5.75 Å². The van der Waals surface area contributed by atoms with Crippen LogP contribution < -0.4 is 21.3 Å². The highest BCUT2D eigenvalue weighted by molar-refractivity contribution is 6.00. The summed E-state index contributed by atoms with van der Waals surface area (Å²) in [5, 5.41) is 2.51. The van der Waals surface area contributed by atoms with Gasteiger partial charge >= 0.3 is 12.1 Å². The van der Waals surface area contributed by atoms with Crippen molar-refractivity contribution in [3.05, 3.63) is 62.9 Å². The summed E-state index contributed by atoms with van der Waals surface area (Å²) in [6.45, 7) is -0.386. The maximum Gasteiger partial charge on any atom is 0.573 e. The number of nitrogens with one attached hydrogen (secondary N) is 1. The third-order valence-corrected chi connectivity index (χ3v) is 4.64. The number of ether oxygens (including phenoxy) is 1. The Bertz CT molecular complexity index is 1350. The van der Waals surface area contributed by atoms with Crippen LogP contribution in [-0.2, 0) is 18.9 Å². The normalized spacial score (nSPS) is 11.3. The predicted octanol–water partition coefficient (Wildman–Crippen LogP) is 1.24. The zero-order valence-electron chi connectivity index (χ0n) is 17.6. The summed E-state index contributed by atoms with van der Waals surface area (Å²) < 4.78 is 42.4. The molecule has 0 aliphatic rings. The Kier molecular flexibility index (Phi) is 6.24. The number of halogens is 3. The molecule has 1 N–H and O–H groups in total. The maximum absolute atomic E-state index is 12.7. The van der Waals surface area contributed by atoms with Gasteiger partial charge in [-0.1, -0.05) is 0 Å². The maximum atomic E-state index is 12.7. The molecule has 0 saturated carbocycles. The molecule has 3 rings (SSSR count). The molecule has 10 nitrogen and oxygen atoms in total. The molecule has 2 heterocycles. The van der Waals surface area contributed by atoms with Gasteiger partial charge in [0, 0.05) is 33.0 Å². The highest BCUT2D eigenvalue weighted by Crippen LogP contribution is 2.24. The number of hydrogen-bond donors (Lipinski definition) is 1. The predicted molar refractivity (Wildman–Crippen MR) is 111 cm³/mol. The van der Waals surface area contributed by atoms with Crippen molar-refractivity contribution >= 4 is 28.5 Å². The number of rotatable bonds is 5. The van der Waals surface area contributed by atoms with E-state index >= 15 is 0 Å². The van der Waals surface area contributed by atoms with E-state index in [1.165, 1.54) is 50.1 Å². The molecule has 2 aromatic heterocycles. The molecule has 1 aromatic carbocycles. The topological polar surface area (TPSA) is 116 Å². The largest absolute Gasteiger partial charge is 0.573 e. The van der Waals surface area contributed by atoms with Crippen molar-refractivity contribution in [2.24, 2.45) is 14.1 Å². The van der Waals surface area contributed by atoms with E-state index in [2.05, 4.69) is 15.0 Å². The van der Waals surface area contributed by atoms with E-state index in [1.807, 2.05) is 0 Å². The number of aromatic nitrogens is 3. The van der Waals surface area contributed by atoms with Gasteiger partial charge in [-0.15, -0.1) is 13.2 Å². The number of nitrogens with zero attached hydrogens (tertiary/aromatic N) is 4. The van der Waals surface area contributed by atoms with E-state index in [4.69, 9.17) is 0 Å². The number of amides is 2. The summed E-state index contributed by atoms with van der Waals surface area (Å²) in [5.41, 5.74) is -0.841. The van der Waals surface area contributed by atoms with Gasteiger partial charge in [0.05, 0.1) is 17.5 Å². The number of aryl methyl sites for hydroxylation is 1. The van der Waals surface area contributed by atoms with Crippen LogP contribution in [0.1, 0.15) is 10.4 Å². The molecule has 0 spiro atoms. The van der Waals surface area contributed by atoms with E-state index in [9.17, 15) is 32.3 Å². The van der Waals surface area contributed by atoms with Crippen LogP contribution in [0.5, 0.6) is 5.75 Å². The summed E-state index contributed by atoms with van der Waals surface area (Å²) in [6, 6.07) is 5.79. The Labute approximate surface area is 183 Å². The monoisotopic (exact) mass is 465 g/mol. The number of benzene rings is 1. The minimum atomic E-state index is -4.83. The zero-order chi connectivity index (χ0) is 24.5. The first-order valence-corrected chi connectivity index (χ1v) is 9.34. The molecule has 33 heavy (non-hydrogen) atoms. The number of pyridine rings is 1. The van der Waals surface area contributed by atoms with E-state index in [-0.39, 0.29) is 28.8 Å². The van der Waals surface area contributed by atoms with Gasteiger partial charge in [0.25, 0.3) is 11.5 Å². The Morgan fingerprint density at radius 2 is 1.76 bits per heavy atom. The number of likely N-dealkylation sites (N-methyl/N-ethyl adjacent to an activating group) is 1.